The van der Waals surface area contributed by atoms with Crippen molar-refractivity contribution in [1.29, 1.82) is 0 Å². The zero-order valence-electron chi connectivity index (χ0n) is 11.8. The smallest absolute Gasteiger partial charge is 0.237 e. The summed E-state index contributed by atoms with van der Waals surface area (Å²) in [6, 6.07) is 9.30. The van der Waals surface area contributed by atoms with Crippen molar-refractivity contribution < 1.29 is 14.7 Å². The van der Waals surface area contributed by atoms with Crippen LogP contribution in [0, 0.1) is 0 Å². The minimum Gasteiger partial charge on any atom is -0.392 e. The van der Waals surface area contributed by atoms with Crippen molar-refractivity contribution in [2.24, 2.45) is 0 Å². The molecular formula is C15H21N3O3. The fraction of sp³-hybridized carbons (Fsp3) is 0.467. The van der Waals surface area contributed by atoms with Gasteiger partial charge in [-0.15, -0.1) is 0 Å². The normalized spacial score (nSPS) is 21.0. The van der Waals surface area contributed by atoms with Crippen LogP contribution in [0.25, 0.3) is 0 Å². The second kappa shape index (κ2) is 7.75. The molecule has 1 aromatic carbocycles. The zero-order chi connectivity index (χ0) is 15.1. The minimum atomic E-state index is -0.463. The molecule has 2 rings (SSSR count). The summed E-state index contributed by atoms with van der Waals surface area (Å²) in [6.45, 7) is 1.23. The molecule has 2 atom stereocenters. The van der Waals surface area contributed by atoms with E-state index in [0.717, 1.165) is 5.56 Å². The molecule has 2 amide bonds. The van der Waals surface area contributed by atoms with Crippen LogP contribution in [0.5, 0.6) is 0 Å². The Balaban J connectivity index is 1.60. The molecule has 0 aromatic heterocycles. The van der Waals surface area contributed by atoms with Gasteiger partial charge in [-0.25, -0.2) is 0 Å². The van der Waals surface area contributed by atoms with E-state index in [9.17, 15) is 14.7 Å². The van der Waals surface area contributed by atoms with Gasteiger partial charge in [-0.2, -0.15) is 0 Å². The number of hydrogen-bond donors (Lipinski definition) is 4. The van der Waals surface area contributed by atoms with E-state index in [1.54, 1.807) is 0 Å². The molecule has 2 unspecified atom stereocenters. The summed E-state index contributed by atoms with van der Waals surface area (Å²) in [6.07, 6.45) is 0.204. The Kier molecular flexibility index (Phi) is 5.71. The van der Waals surface area contributed by atoms with Gasteiger partial charge in [0.1, 0.15) is 0 Å². The average Bonchev–Trinajstić information content (AvgIpc) is 2.93. The molecule has 0 bridgehead atoms. The Labute approximate surface area is 123 Å². The molecule has 1 fully saturated rings. The molecule has 0 saturated carbocycles. The summed E-state index contributed by atoms with van der Waals surface area (Å²) in [5.74, 6) is -0.263. The maximum atomic E-state index is 11.7. The quantitative estimate of drug-likeness (QED) is 0.570. The molecule has 21 heavy (non-hydrogen) atoms. The number of amides is 2. The first-order valence-corrected chi connectivity index (χ1v) is 7.15. The van der Waals surface area contributed by atoms with Crippen molar-refractivity contribution >= 4 is 11.8 Å². The van der Waals surface area contributed by atoms with Crippen LogP contribution in [-0.2, 0) is 16.1 Å². The summed E-state index contributed by atoms with van der Waals surface area (Å²) in [7, 11) is 0. The standard InChI is InChI=1S/C15H21N3O3/c19-12-8-13(17-10-12)15(21)16-7-6-14(20)18-9-11-4-2-1-3-5-11/h1-5,12-13,17,19H,6-10H2,(H,16,21)(H,18,20). The fourth-order valence-corrected chi connectivity index (χ4v) is 2.22. The monoisotopic (exact) mass is 291 g/mol. The van der Waals surface area contributed by atoms with Crippen molar-refractivity contribution in [3.63, 3.8) is 0 Å². The molecule has 114 valence electrons. The molecule has 0 radical (unpaired) electrons. The van der Waals surface area contributed by atoms with Gasteiger partial charge in [0.25, 0.3) is 0 Å². The molecule has 0 aliphatic carbocycles. The lowest BCUT2D eigenvalue weighted by molar-refractivity contribution is -0.123. The highest BCUT2D eigenvalue weighted by Crippen LogP contribution is 2.05. The van der Waals surface area contributed by atoms with Gasteiger partial charge >= 0.3 is 0 Å². The topological polar surface area (TPSA) is 90.5 Å². The highest BCUT2D eigenvalue weighted by molar-refractivity contribution is 5.83. The van der Waals surface area contributed by atoms with Crippen molar-refractivity contribution in [3.05, 3.63) is 35.9 Å². The molecule has 1 aromatic rings. The van der Waals surface area contributed by atoms with E-state index < -0.39 is 6.10 Å². The number of β-amino-alcohol motifs (C(OH)–C–C–N with tert-alkyl or cyclic N) is 1. The zero-order valence-corrected chi connectivity index (χ0v) is 11.8. The van der Waals surface area contributed by atoms with Crippen molar-refractivity contribution in [2.75, 3.05) is 13.1 Å². The van der Waals surface area contributed by atoms with Crippen molar-refractivity contribution in [2.45, 2.75) is 31.5 Å². The van der Waals surface area contributed by atoms with E-state index in [-0.39, 0.29) is 24.3 Å². The van der Waals surface area contributed by atoms with Gasteiger partial charge in [0.15, 0.2) is 0 Å². The van der Waals surface area contributed by atoms with E-state index in [2.05, 4.69) is 16.0 Å². The van der Waals surface area contributed by atoms with Gasteiger partial charge in [0.2, 0.25) is 11.8 Å². The van der Waals surface area contributed by atoms with E-state index in [0.29, 0.717) is 26.1 Å². The lowest BCUT2D eigenvalue weighted by atomic mass is 10.2. The molecule has 4 N–H and O–H groups in total. The largest absolute Gasteiger partial charge is 0.392 e. The molecule has 1 saturated heterocycles. The molecule has 6 nitrogen and oxygen atoms in total. The van der Waals surface area contributed by atoms with Crippen LogP contribution < -0.4 is 16.0 Å². The summed E-state index contributed by atoms with van der Waals surface area (Å²) in [5, 5.41) is 17.8. The van der Waals surface area contributed by atoms with E-state index >= 15 is 0 Å². The molecule has 1 aliphatic heterocycles. The number of aliphatic hydroxyl groups excluding tert-OH is 1. The minimum absolute atomic E-state index is 0.0985. The molecule has 0 spiro atoms. The number of rotatable bonds is 6. The van der Waals surface area contributed by atoms with Crippen LogP contribution in [-0.4, -0.2) is 42.2 Å². The third kappa shape index (κ3) is 5.17. The van der Waals surface area contributed by atoms with E-state index in [4.69, 9.17) is 0 Å². The Morgan fingerprint density at radius 2 is 2.00 bits per heavy atom. The van der Waals surface area contributed by atoms with Crippen LogP contribution in [0.15, 0.2) is 30.3 Å². The highest BCUT2D eigenvalue weighted by atomic mass is 16.3. The number of carbonyl (C=O) groups is 2. The van der Waals surface area contributed by atoms with Gasteiger partial charge in [-0.1, -0.05) is 30.3 Å². The Morgan fingerprint density at radius 1 is 1.24 bits per heavy atom. The second-order valence-electron chi connectivity index (χ2n) is 5.15. The van der Waals surface area contributed by atoms with Crippen molar-refractivity contribution in [1.82, 2.24) is 16.0 Å². The summed E-state index contributed by atoms with van der Waals surface area (Å²) >= 11 is 0. The predicted octanol–water partition coefficient (Wildman–Crippen LogP) is -0.468. The maximum Gasteiger partial charge on any atom is 0.237 e. The number of carbonyl (C=O) groups excluding carboxylic acids is 2. The summed E-state index contributed by atoms with van der Waals surface area (Å²) in [4.78, 5) is 23.4. The molecular weight excluding hydrogens is 270 g/mol. The Morgan fingerprint density at radius 3 is 2.67 bits per heavy atom. The third-order valence-electron chi connectivity index (χ3n) is 3.41. The lowest BCUT2D eigenvalue weighted by Gasteiger charge is -2.11. The Hall–Kier alpha value is -1.92. The van der Waals surface area contributed by atoms with Gasteiger partial charge in [-0.05, 0) is 12.0 Å². The SMILES string of the molecule is O=C(CCNC(=O)C1CC(O)CN1)NCc1ccccc1. The van der Waals surface area contributed by atoms with Crippen LogP contribution in [0.4, 0.5) is 0 Å². The third-order valence-corrected chi connectivity index (χ3v) is 3.41. The second-order valence-corrected chi connectivity index (χ2v) is 5.15. The van der Waals surface area contributed by atoms with Crippen molar-refractivity contribution in [3.8, 4) is 0 Å². The van der Waals surface area contributed by atoms with E-state index in [1.807, 2.05) is 30.3 Å². The number of aliphatic hydroxyl groups is 1. The molecule has 1 heterocycles. The molecule has 1 aliphatic rings. The first-order chi connectivity index (χ1) is 10.1. The first-order valence-electron chi connectivity index (χ1n) is 7.15. The van der Waals surface area contributed by atoms with Crippen LogP contribution in [0.1, 0.15) is 18.4 Å². The molecule has 6 heteroatoms. The fourth-order valence-electron chi connectivity index (χ4n) is 2.22. The average molecular weight is 291 g/mol. The lowest BCUT2D eigenvalue weighted by Crippen LogP contribution is -2.41. The van der Waals surface area contributed by atoms with E-state index in [1.165, 1.54) is 0 Å². The summed E-state index contributed by atoms with van der Waals surface area (Å²) < 4.78 is 0. The van der Waals surface area contributed by atoms with Crippen LogP contribution in [0.3, 0.4) is 0 Å². The Bertz CT molecular complexity index is 478. The van der Waals surface area contributed by atoms with Gasteiger partial charge in [0, 0.05) is 26.1 Å². The number of hydrogen-bond acceptors (Lipinski definition) is 4. The summed E-state index contributed by atoms with van der Waals surface area (Å²) in [5.41, 5.74) is 1.04. The number of nitrogens with one attached hydrogen (secondary N) is 3. The van der Waals surface area contributed by atoms with Gasteiger partial charge in [0.05, 0.1) is 12.1 Å². The highest BCUT2D eigenvalue weighted by Gasteiger charge is 2.27. The first kappa shape index (κ1) is 15.5. The number of benzene rings is 1. The van der Waals surface area contributed by atoms with Gasteiger partial charge < -0.3 is 21.1 Å². The van der Waals surface area contributed by atoms with Crippen LogP contribution >= 0.6 is 0 Å². The van der Waals surface area contributed by atoms with Gasteiger partial charge in [-0.3, -0.25) is 9.59 Å². The predicted molar refractivity (Wildman–Crippen MR) is 78.3 cm³/mol. The van der Waals surface area contributed by atoms with Crippen LogP contribution in [0.2, 0.25) is 0 Å². The maximum absolute atomic E-state index is 11.7.